The molecule has 1 saturated heterocycles. The van der Waals surface area contributed by atoms with E-state index in [4.69, 9.17) is 4.74 Å². The minimum Gasteiger partial charge on any atom is -0.380 e. The lowest BCUT2D eigenvalue weighted by Crippen LogP contribution is -2.45. The van der Waals surface area contributed by atoms with Gasteiger partial charge in [0.1, 0.15) is 12.5 Å². The van der Waals surface area contributed by atoms with Crippen LogP contribution in [0.25, 0.3) is 0 Å². The fraction of sp³-hybridized carbons (Fsp3) is 0.316. The number of rotatable bonds is 6. The minimum atomic E-state index is -3.58. The summed E-state index contributed by atoms with van der Waals surface area (Å²) in [6.07, 6.45) is 0. The van der Waals surface area contributed by atoms with E-state index in [2.05, 4.69) is 5.32 Å². The van der Waals surface area contributed by atoms with Crippen molar-refractivity contribution in [2.45, 2.75) is 18.5 Å². The SMILES string of the molecule is CC1(CS(=O)(=O)c2cccc(C(=O)Nc3ccc(F)c(CF)c3)c2)COC1. The lowest BCUT2D eigenvalue weighted by Gasteiger charge is -2.37. The monoisotopic (exact) mass is 395 g/mol. The van der Waals surface area contributed by atoms with E-state index in [0.717, 1.165) is 6.07 Å². The lowest BCUT2D eigenvalue weighted by molar-refractivity contribution is -0.0870. The highest BCUT2D eigenvalue weighted by Gasteiger charge is 2.38. The van der Waals surface area contributed by atoms with Crippen molar-refractivity contribution in [2.75, 3.05) is 24.3 Å². The molecule has 0 saturated carbocycles. The number of ether oxygens (including phenoxy) is 1. The lowest BCUT2D eigenvalue weighted by atomic mass is 9.92. The van der Waals surface area contributed by atoms with Crippen molar-refractivity contribution in [1.29, 1.82) is 0 Å². The average molecular weight is 395 g/mol. The van der Waals surface area contributed by atoms with Crippen LogP contribution in [0.2, 0.25) is 0 Å². The molecule has 1 amide bonds. The van der Waals surface area contributed by atoms with Crippen LogP contribution in [0.4, 0.5) is 14.5 Å². The average Bonchev–Trinajstić information content (AvgIpc) is 2.61. The summed E-state index contributed by atoms with van der Waals surface area (Å²) in [7, 11) is -3.58. The Morgan fingerprint density at radius 3 is 2.59 bits per heavy atom. The molecular formula is C19H19F2NO4S. The van der Waals surface area contributed by atoms with Crippen LogP contribution >= 0.6 is 0 Å². The van der Waals surface area contributed by atoms with Gasteiger partial charge in [-0.2, -0.15) is 0 Å². The van der Waals surface area contributed by atoms with E-state index in [1.165, 1.54) is 36.4 Å². The number of alkyl halides is 1. The first-order valence-electron chi connectivity index (χ1n) is 8.29. The van der Waals surface area contributed by atoms with Gasteiger partial charge in [0, 0.05) is 22.2 Å². The number of nitrogens with one attached hydrogen (secondary N) is 1. The molecule has 1 aliphatic rings. The van der Waals surface area contributed by atoms with Crippen molar-refractivity contribution in [1.82, 2.24) is 0 Å². The van der Waals surface area contributed by atoms with Crippen molar-refractivity contribution in [3.05, 3.63) is 59.4 Å². The molecule has 1 heterocycles. The highest BCUT2D eigenvalue weighted by molar-refractivity contribution is 7.91. The van der Waals surface area contributed by atoms with Crippen LogP contribution in [0, 0.1) is 11.2 Å². The van der Waals surface area contributed by atoms with E-state index >= 15 is 0 Å². The maximum atomic E-state index is 13.4. The predicted octanol–water partition coefficient (Wildman–Crippen LogP) is 3.36. The Balaban J connectivity index is 1.79. The normalized spacial score (nSPS) is 15.8. The molecule has 3 rings (SSSR count). The maximum absolute atomic E-state index is 13.4. The third-order valence-corrected chi connectivity index (χ3v) is 6.39. The zero-order chi connectivity index (χ0) is 19.7. The van der Waals surface area contributed by atoms with Crippen molar-refractivity contribution in [3.63, 3.8) is 0 Å². The molecule has 8 heteroatoms. The minimum absolute atomic E-state index is 0.0480. The summed E-state index contributed by atoms with van der Waals surface area (Å²) in [6, 6.07) is 9.27. The number of amides is 1. The van der Waals surface area contributed by atoms with Gasteiger partial charge in [-0.05, 0) is 36.4 Å². The number of hydrogen-bond donors (Lipinski definition) is 1. The number of carbonyl (C=O) groups is 1. The Hall–Kier alpha value is -2.32. The Labute approximate surface area is 156 Å². The fourth-order valence-corrected chi connectivity index (χ4v) is 4.71. The van der Waals surface area contributed by atoms with E-state index in [0.29, 0.717) is 13.2 Å². The molecule has 0 unspecified atom stereocenters. The number of benzene rings is 2. The number of halogens is 2. The zero-order valence-corrected chi connectivity index (χ0v) is 15.5. The first kappa shape index (κ1) is 19.4. The van der Waals surface area contributed by atoms with Crippen LogP contribution in [0.1, 0.15) is 22.8 Å². The number of hydrogen-bond acceptors (Lipinski definition) is 4. The second-order valence-electron chi connectivity index (χ2n) is 6.98. The molecule has 0 radical (unpaired) electrons. The zero-order valence-electron chi connectivity index (χ0n) is 14.7. The molecule has 0 bridgehead atoms. The van der Waals surface area contributed by atoms with Crippen molar-refractivity contribution in [2.24, 2.45) is 5.41 Å². The molecule has 0 aliphatic carbocycles. The van der Waals surface area contributed by atoms with E-state index in [1.807, 2.05) is 6.92 Å². The Morgan fingerprint density at radius 1 is 1.22 bits per heavy atom. The fourth-order valence-electron chi connectivity index (χ4n) is 2.86. The summed E-state index contributed by atoms with van der Waals surface area (Å²) in [6.45, 7) is 1.61. The summed E-state index contributed by atoms with van der Waals surface area (Å²) >= 11 is 0. The first-order chi connectivity index (χ1) is 12.7. The Bertz CT molecular complexity index is 971. The first-order valence-corrected chi connectivity index (χ1v) is 9.94. The molecule has 144 valence electrons. The predicted molar refractivity (Wildman–Crippen MR) is 96.6 cm³/mol. The highest BCUT2D eigenvalue weighted by atomic mass is 32.2. The van der Waals surface area contributed by atoms with Crippen molar-refractivity contribution < 1.29 is 26.7 Å². The quantitative estimate of drug-likeness (QED) is 0.814. The highest BCUT2D eigenvalue weighted by Crippen LogP contribution is 2.31. The molecule has 0 aromatic heterocycles. The molecule has 5 nitrogen and oxygen atoms in total. The summed E-state index contributed by atoms with van der Waals surface area (Å²) in [4.78, 5) is 12.5. The van der Waals surface area contributed by atoms with Gasteiger partial charge in [-0.1, -0.05) is 13.0 Å². The Kier molecular flexibility index (Phi) is 5.30. The van der Waals surface area contributed by atoms with Gasteiger partial charge in [-0.3, -0.25) is 4.79 Å². The third-order valence-electron chi connectivity index (χ3n) is 4.34. The smallest absolute Gasteiger partial charge is 0.255 e. The third kappa shape index (κ3) is 4.33. The van der Waals surface area contributed by atoms with Crippen LogP contribution in [0.15, 0.2) is 47.4 Å². The molecule has 0 atom stereocenters. The molecular weight excluding hydrogens is 376 g/mol. The van der Waals surface area contributed by atoms with Gasteiger partial charge < -0.3 is 10.1 Å². The molecule has 2 aromatic rings. The standard InChI is InChI=1S/C19H19F2NO4S/c1-19(10-26-11-19)12-27(24,25)16-4-2-3-13(8-16)18(23)22-15-5-6-17(21)14(7-15)9-20/h2-8H,9-12H2,1H3,(H,22,23). The molecule has 27 heavy (non-hydrogen) atoms. The molecule has 1 N–H and O–H groups in total. The van der Waals surface area contributed by atoms with Gasteiger partial charge in [-0.15, -0.1) is 0 Å². The van der Waals surface area contributed by atoms with Crippen LogP contribution in [-0.2, 0) is 21.2 Å². The summed E-state index contributed by atoms with van der Waals surface area (Å²) in [5.41, 5.74) is -0.229. The molecule has 1 fully saturated rings. The van der Waals surface area contributed by atoms with Gasteiger partial charge in [0.15, 0.2) is 9.84 Å². The van der Waals surface area contributed by atoms with Crippen molar-refractivity contribution in [3.8, 4) is 0 Å². The van der Waals surface area contributed by atoms with E-state index in [1.54, 1.807) is 0 Å². The molecule has 1 aliphatic heterocycles. The maximum Gasteiger partial charge on any atom is 0.255 e. The van der Waals surface area contributed by atoms with Gasteiger partial charge in [0.2, 0.25) is 0 Å². The Morgan fingerprint density at radius 2 is 1.96 bits per heavy atom. The van der Waals surface area contributed by atoms with E-state index in [9.17, 15) is 22.0 Å². The summed E-state index contributed by atoms with van der Waals surface area (Å²) < 4.78 is 56.4. The van der Waals surface area contributed by atoms with Crippen LogP contribution in [-0.4, -0.2) is 33.3 Å². The van der Waals surface area contributed by atoms with Crippen LogP contribution < -0.4 is 5.32 Å². The largest absolute Gasteiger partial charge is 0.380 e. The van der Waals surface area contributed by atoms with Crippen LogP contribution in [0.3, 0.4) is 0 Å². The second kappa shape index (κ2) is 7.36. The summed E-state index contributed by atoms with van der Waals surface area (Å²) in [5, 5.41) is 2.52. The van der Waals surface area contributed by atoms with E-state index < -0.39 is 33.7 Å². The number of sulfone groups is 1. The number of carbonyl (C=O) groups excluding carboxylic acids is 1. The summed E-state index contributed by atoms with van der Waals surface area (Å²) in [5.74, 6) is -1.33. The van der Waals surface area contributed by atoms with Gasteiger partial charge in [0.05, 0.1) is 23.9 Å². The van der Waals surface area contributed by atoms with Crippen LogP contribution in [0.5, 0.6) is 0 Å². The van der Waals surface area contributed by atoms with E-state index in [-0.39, 0.29) is 27.5 Å². The topological polar surface area (TPSA) is 72.5 Å². The van der Waals surface area contributed by atoms with Gasteiger partial charge in [-0.25, -0.2) is 17.2 Å². The number of anilines is 1. The van der Waals surface area contributed by atoms with Gasteiger partial charge in [0.25, 0.3) is 5.91 Å². The van der Waals surface area contributed by atoms with Crippen molar-refractivity contribution >= 4 is 21.4 Å². The molecule has 0 spiro atoms. The van der Waals surface area contributed by atoms with Gasteiger partial charge >= 0.3 is 0 Å². The molecule has 2 aromatic carbocycles. The second-order valence-corrected chi connectivity index (χ2v) is 8.97.